The number of hydrogen-bond acceptors (Lipinski definition) is 4. The van der Waals surface area contributed by atoms with E-state index in [-0.39, 0.29) is 11.9 Å². The fourth-order valence-corrected chi connectivity index (χ4v) is 3.57. The van der Waals surface area contributed by atoms with Crippen LogP contribution in [0.25, 0.3) is 11.0 Å². The fourth-order valence-electron chi connectivity index (χ4n) is 3.57. The van der Waals surface area contributed by atoms with E-state index < -0.39 is 0 Å². The van der Waals surface area contributed by atoms with Crippen molar-refractivity contribution in [2.24, 2.45) is 5.92 Å². The van der Waals surface area contributed by atoms with Gasteiger partial charge in [0.25, 0.3) is 5.91 Å². The molecule has 21 heavy (non-hydrogen) atoms. The third kappa shape index (κ3) is 2.31. The molecule has 2 aromatic rings. The molecule has 110 valence electrons. The average molecular weight is 285 g/mol. The van der Waals surface area contributed by atoms with Crippen LogP contribution < -0.4 is 5.32 Å². The molecule has 5 heterocycles. The Balaban J connectivity index is 1.53. The zero-order chi connectivity index (χ0) is 14.4. The van der Waals surface area contributed by atoms with E-state index in [0.29, 0.717) is 11.6 Å². The Bertz CT molecular complexity index is 686. The number of aryl methyl sites for hydroxylation is 1. The van der Waals surface area contributed by atoms with Gasteiger partial charge in [0.15, 0.2) is 5.58 Å². The summed E-state index contributed by atoms with van der Waals surface area (Å²) in [5.74, 6) is 1.38. The fraction of sp³-hybridized carbons (Fsp3) is 0.500. The molecule has 0 aliphatic carbocycles. The number of carbonyl (C=O) groups excluding carboxylic acids is 1. The Morgan fingerprint density at radius 1 is 1.38 bits per heavy atom. The number of amides is 1. The van der Waals surface area contributed by atoms with Crippen LogP contribution in [0, 0.1) is 12.8 Å². The average Bonchev–Trinajstić information content (AvgIpc) is 2.87. The van der Waals surface area contributed by atoms with Crippen molar-refractivity contribution in [3.05, 3.63) is 29.8 Å². The first kappa shape index (κ1) is 12.8. The van der Waals surface area contributed by atoms with Gasteiger partial charge in [0, 0.05) is 18.0 Å². The lowest BCUT2D eigenvalue weighted by atomic mass is 9.84. The lowest BCUT2D eigenvalue weighted by molar-refractivity contribution is 0.0618. The van der Waals surface area contributed by atoms with Crippen molar-refractivity contribution in [3.8, 4) is 0 Å². The zero-order valence-corrected chi connectivity index (χ0v) is 12.1. The summed E-state index contributed by atoms with van der Waals surface area (Å²) in [5, 5.41) is 4.10. The second-order valence-electron chi connectivity index (χ2n) is 6.18. The monoisotopic (exact) mass is 285 g/mol. The molecule has 1 unspecified atom stereocenters. The van der Waals surface area contributed by atoms with Crippen molar-refractivity contribution in [2.45, 2.75) is 25.8 Å². The molecular weight excluding hydrogens is 266 g/mol. The highest BCUT2D eigenvalue weighted by Crippen LogP contribution is 2.27. The zero-order valence-electron chi connectivity index (χ0n) is 12.1. The highest BCUT2D eigenvalue weighted by molar-refractivity contribution is 5.95. The predicted octanol–water partition coefficient (Wildman–Crippen LogP) is 1.96. The van der Waals surface area contributed by atoms with Gasteiger partial charge in [0.1, 0.15) is 11.5 Å². The highest BCUT2D eigenvalue weighted by Gasteiger charge is 2.35. The van der Waals surface area contributed by atoms with Crippen LogP contribution in [0.15, 0.2) is 22.7 Å². The molecule has 3 aliphatic heterocycles. The molecule has 1 amide bonds. The molecule has 1 atom stereocenters. The van der Waals surface area contributed by atoms with E-state index in [1.165, 1.54) is 25.9 Å². The van der Waals surface area contributed by atoms with Crippen LogP contribution >= 0.6 is 0 Å². The molecule has 0 aromatic carbocycles. The van der Waals surface area contributed by atoms with E-state index >= 15 is 0 Å². The van der Waals surface area contributed by atoms with Crippen LogP contribution in [-0.2, 0) is 0 Å². The number of carbonyl (C=O) groups is 1. The maximum absolute atomic E-state index is 12.4. The van der Waals surface area contributed by atoms with E-state index in [2.05, 4.69) is 15.2 Å². The van der Waals surface area contributed by atoms with Crippen molar-refractivity contribution in [2.75, 3.05) is 19.6 Å². The maximum Gasteiger partial charge on any atom is 0.270 e. The minimum atomic E-state index is -0.0745. The number of nitrogens with zero attached hydrogens (tertiary/aromatic N) is 2. The van der Waals surface area contributed by atoms with E-state index in [4.69, 9.17) is 4.42 Å². The SMILES string of the molecule is Cc1cc2cc(C(=O)NC3CN4CCC3CC4)ncc2o1. The van der Waals surface area contributed by atoms with E-state index in [0.717, 1.165) is 23.3 Å². The van der Waals surface area contributed by atoms with Gasteiger partial charge in [0.05, 0.1) is 6.20 Å². The number of piperidine rings is 3. The van der Waals surface area contributed by atoms with Crippen molar-refractivity contribution < 1.29 is 9.21 Å². The van der Waals surface area contributed by atoms with Crippen LogP contribution in [0.1, 0.15) is 29.1 Å². The maximum atomic E-state index is 12.4. The Hall–Kier alpha value is -1.88. The predicted molar refractivity (Wildman–Crippen MR) is 79.2 cm³/mol. The van der Waals surface area contributed by atoms with Gasteiger partial charge < -0.3 is 14.6 Å². The molecule has 0 spiro atoms. The summed E-state index contributed by atoms with van der Waals surface area (Å²) < 4.78 is 5.49. The third-order valence-corrected chi connectivity index (χ3v) is 4.73. The minimum Gasteiger partial charge on any atom is -0.460 e. The summed E-state index contributed by atoms with van der Waals surface area (Å²) in [6.45, 7) is 5.22. The van der Waals surface area contributed by atoms with Crippen molar-refractivity contribution in [1.82, 2.24) is 15.2 Å². The molecule has 0 radical (unpaired) electrons. The van der Waals surface area contributed by atoms with E-state index in [9.17, 15) is 4.79 Å². The molecule has 5 nitrogen and oxygen atoms in total. The van der Waals surface area contributed by atoms with Crippen LogP contribution in [0.2, 0.25) is 0 Å². The molecule has 1 N–H and O–H groups in total. The largest absolute Gasteiger partial charge is 0.460 e. The number of rotatable bonds is 2. The van der Waals surface area contributed by atoms with Gasteiger partial charge in [-0.3, -0.25) is 4.79 Å². The van der Waals surface area contributed by atoms with Gasteiger partial charge in [-0.2, -0.15) is 0 Å². The van der Waals surface area contributed by atoms with Crippen LogP contribution in [0.4, 0.5) is 0 Å². The number of hydrogen-bond donors (Lipinski definition) is 1. The summed E-state index contributed by atoms with van der Waals surface area (Å²) in [5.41, 5.74) is 1.20. The smallest absolute Gasteiger partial charge is 0.270 e. The summed E-state index contributed by atoms with van der Waals surface area (Å²) in [7, 11) is 0. The molecule has 3 saturated heterocycles. The van der Waals surface area contributed by atoms with Gasteiger partial charge in [-0.25, -0.2) is 4.98 Å². The van der Waals surface area contributed by atoms with Crippen LogP contribution in [-0.4, -0.2) is 41.5 Å². The minimum absolute atomic E-state index is 0.0745. The summed E-state index contributed by atoms with van der Waals surface area (Å²) >= 11 is 0. The van der Waals surface area contributed by atoms with Crippen LogP contribution in [0.3, 0.4) is 0 Å². The molecular formula is C16H19N3O2. The first-order chi connectivity index (χ1) is 10.2. The van der Waals surface area contributed by atoms with Gasteiger partial charge in [0.2, 0.25) is 0 Å². The standard InChI is InChI=1S/C16H19N3O2/c1-10-6-12-7-13(17-8-15(12)21-10)16(20)18-14-9-19-4-2-11(14)3-5-19/h6-8,11,14H,2-5,9H2,1H3,(H,18,20). The van der Waals surface area contributed by atoms with Crippen LogP contribution in [0.5, 0.6) is 0 Å². The number of furan rings is 1. The Labute approximate surface area is 123 Å². The van der Waals surface area contributed by atoms with Gasteiger partial charge >= 0.3 is 0 Å². The quantitative estimate of drug-likeness (QED) is 0.916. The molecule has 2 aromatic heterocycles. The van der Waals surface area contributed by atoms with Crippen molar-refractivity contribution in [3.63, 3.8) is 0 Å². The second kappa shape index (κ2) is 4.84. The normalized spacial score (nSPS) is 28.0. The lowest BCUT2D eigenvalue weighted by Crippen LogP contribution is -2.57. The Morgan fingerprint density at radius 2 is 2.19 bits per heavy atom. The van der Waals surface area contributed by atoms with Gasteiger partial charge in [-0.05, 0) is 50.9 Å². The van der Waals surface area contributed by atoms with Gasteiger partial charge in [-0.15, -0.1) is 0 Å². The molecule has 5 rings (SSSR count). The Morgan fingerprint density at radius 3 is 2.90 bits per heavy atom. The van der Waals surface area contributed by atoms with E-state index in [1.54, 1.807) is 6.20 Å². The van der Waals surface area contributed by atoms with Crippen molar-refractivity contribution >= 4 is 16.9 Å². The number of pyridine rings is 1. The van der Waals surface area contributed by atoms with E-state index in [1.807, 2.05) is 19.1 Å². The summed E-state index contributed by atoms with van der Waals surface area (Å²) in [4.78, 5) is 19.1. The molecule has 5 heteroatoms. The topological polar surface area (TPSA) is 58.4 Å². The van der Waals surface area contributed by atoms with Crippen molar-refractivity contribution in [1.29, 1.82) is 0 Å². The first-order valence-corrected chi connectivity index (χ1v) is 7.58. The molecule has 2 bridgehead atoms. The summed E-state index contributed by atoms with van der Waals surface area (Å²) in [6.07, 6.45) is 4.02. The number of nitrogens with one attached hydrogen (secondary N) is 1. The molecule has 0 saturated carbocycles. The first-order valence-electron chi connectivity index (χ1n) is 7.58. The molecule has 3 aliphatic rings. The van der Waals surface area contributed by atoms with Gasteiger partial charge in [-0.1, -0.05) is 0 Å². The Kier molecular flexibility index (Phi) is 2.96. The number of aromatic nitrogens is 1. The highest BCUT2D eigenvalue weighted by atomic mass is 16.3. The third-order valence-electron chi connectivity index (χ3n) is 4.73. The molecule has 3 fully saturated rings. The second-order valence-corrected chi connectivity index (χ2v) is 6.18. The lowest BCUT2D eigenvalue weighted by Gasteiger charge is -2.44. The summed E-state index contributed by atoms with van der Waals surface area (Å²) in [6, 6.07) is 4.01. The number of fused-ring (bicyclic) bond motifs is 4.